The Hall–Kier alpha value is -1.11. The largest absolute Gasteiger partial charge is 0.367 e. The van der Waals surface area contributed by atoms with Gasteiger partial charge in [-0.25, -0.2) is 18.1 Å². The zero-order chi connectivity index (χ0) is 10.2. The normalized spacial score (nSPS) is 25.3. The molecule has 1 aromatic rings. The quantitative estimate of drug-likeness (QED) is 0.715. The number of nitrogens with zero attached hydrogens (tertiary/aromatic N) is 3. The Bertz CT molecular complexity index is 425. The number of hydrogen-bond donors (Lipinski definition) is 1. The van der Waals surface area contributed by atoms with Crippen LogP contribution < -0.4 is 5.73 Å². The van der Waals surface area contributed by atoms with E-state index < -0.39 is 9.84 Å². The Morgan fingerprint density at radius 2 is 2.43 bits per heavy atom. The summed E-state index contributed by atoms with van der Waals surface area (Å²) in [4.78, 5) is 3.74. The summed E-state index contributed by atoms with van der Waals surface area (Å²) in [5.41, 5.74) is 5.33. The van der Waals surface area contributed by atoms with Gasteiger partial charge in [-0.15, -0.1) is 5.10 Å². The molecule has 1 aliphatic rings. The molecule has 2 heterocycles. The third-order valence-corrected chi connectivity index (χ3v) is 4.67. The van der Waals surface area contributed by atoms with Gasteiger partial charge in [0.15, 0.2) is 9.84 Å². The summed E-state index contributed by atoms with van der Waals surface area (Å²) in [7, 11) is -2.91. The summed E-state index contributed by atoms with van der Waals surface area (Å²) >= 11 is 0. The standard InChI is InChI=1S/C7H12N4O2S/c8-7-9-5-11(10-7)4-6-2-1-3-14(6,12)13/h5-6H,1-4H2,(H2,8,10). The maximum absolute atomic E-state index is 11.5. The summed E-state index contributed by atoms with van der Waals surface area (Å²) in [6.07, 6.45) is 2.92. The van der Waals surface area contributed by atoms with Crippen LogP contribution in [0.3, 0.4) is 0 Å². The van der Waals surface area contributed by atoms with E-state index in [0.29, 0.717) is 18.7 Å². The number of anilines is 1. The molecule has 0 aliphatic carbocycles. The van der Waals surface area contributed by atoms with Gasteiger partial charge in [0.2, 0.25) is 5.95 Å². The number of nitrogens with two attached hydrogens (primary N) is 1. The lowest BCUT2D eigenvalue weighted by Gasteiger charge is -2.07. The summed E-state index contributed by atoms with van der Waals surface area (Å²) in [6, 6.07) is 0. The molecule has 6 nitrogen and oxygen atoms in total. The number of sulfone groups is 1. The van der Waals surface area contributed by atoms with Crippen molar-refractivity contribution in [3.63, 3.8) is 0 Å². The average Bonchev–Trinajstić information content (AvgIpc) is 2.61. The van der Waals surface area contributed by atoms with Crippen LogP contribution in [0.2, 0.25) is 0 Å². The van der Waals surface area contributed by atoms with Gasteiger partial charge in [-0.1, -0.05) is 0 Å². The van der Waals surface area contributed by atoms with Crippen LogP contribution in [0.25, 0.3) is 0 Å². The van der Waals surface area contributed by atoms with Crippen LogP contribution in [0.1, 0.15) is 12.8 Å². The molecule has 2 rings (SSSR count). The van der Waals surface area contributed by atoms with Crippen molar-refractivity contribution in [2.45, 2.75) is 24.6 Å². The highest BCUT2D eigenvalue weighted by Gasteiger charge is 2.31. The summed E-state index contributed by atoms with van der Waals surface area (Å²) < 4.78 is 24.4. The van der Waals surface area contributed by atoms with Gasteiger partial charge < -0.3 is 5.73 Å². The lowest BCUT2D eigenvalue weighted by Crippen LogP contribution is -2.22. The van der Waals surface area contributed by atoms with Crippen molar-refractivity contribution < 1.29 is 8.42 Å². The van der Waals surface area contributed by atoms with E-state index in [1.807, 2.05) is 0 Å². The molecule has 14 heavy (non-hydrogen) atoms. The number of nitrogen functional groups attached to an aromatic ring is 1. The van der Waals surface area contributed by atoms with Gasteiger partial charge in [-0.2, -0.15) is 0 Å². The Kier molecular flexibility index (Phi) is 2.18. The molecular weight excluding hydrogens is 204 g/mol. The van der Waals surface area contributed by atoms with E-state index in [2.05, 4.69) is 10.1 Å². The molecule has 0 bridgehead atoms. The first kappa shape index (κ1) is 9.45. The highest BCUT2D eigenvalue weighted by molar-refractivity contribution is 7.92. The van der Waals surface area contributed by atoms with Gasteiger partial charge in [0.25, 0.3) is 0 Å². The van der Waals surface area contributed by atoms with Gasteiger partial charge in [0, 0.05) is 0 Å². The van der Waals surface area contributed by atoms with Crippen LogP contribution in [0.5, 0.6) is 0 Å². The fourth-order valence-corrected chi connectivity index (χ4v) is 3.48. The Balaban J connectivity index is 2.12. The summed E-state index contributed by atoms with van der Waals surface area (Å²) in [5, 5.41) is 3.54. The molecule has 1 aliphatic heterocycles. The van der Waals surface area contributed by atoms with E-state index in [4.69, 9.17) is 5.73 Å². The fraction of sp³-hybridized carbons (Fsp3) is 0.714. The fourth-order valence-electron chi connectivity index (χ4n) is 1.67. The maximum atomic E-state index is 11.5. The lowest BCUT2D eigenvalue weighted by atomic mass is 10.2. The Labute approximate surface area is 82.0 Å². The molecule has 7 heteroatoms. The molecule has 1 aromatic heterocycles. The molecule has 0 aromatic carbocycles. The summed E-state index contributed by atoms with van der Waals surface area (Å²) in [6.45, 7) is 0.368. The lowest BCUT2D eigenvalue weighted by molar-refractivity contribution is 0.542. The molecule has 0 saturated carbocycles. The van der Waals surface area contributed by atoms with Crippen LogP contribution in [-0.4, -0.2) is 34.2 Å². The van der Waals surface area contributed by atoms with Crippen molar-refractivity contribution in [2.75, 3.05) is 11.5 Å². The van der Waals surface area contributed by atoms with Gasteiger partial charge in [0.1, 0.15) is 6.33 Å². The van der Waals surface area contributed by atoms with Crippen LogP contribution >= 0.6 is 0 Å². The highest BCUT2D eigenvalue weighted by atomic mass is 32.2. The first-order chi connectivity index (χ1) is 6.58. The van der Waals surface area contributed by atoms with E-state index >= 15 is 0 Å². The second-order valence-corrected chi connectivity index (χ2v) is 5.86. The third-order valence-electron chi connectivity index (χ3n) is 2.41. The Morgan fingerprint density at radius 1 is 1.64 bits per heavy atom. The average molecular weight is 216 g/mol. The molecule has 1 unspecified atom stereocenters. The first-order valence-corrected chi connectivity index (χ1v) is 6.16. The minimum absolute atomic E-state index is 0.181. The minimum Gasteiger partial charge on any atom is -0.367 e. The topological polar surface area (TPSA) is 90.9 Å². The van der Waals surface area contributed by atoms with E-state index in [1.165, 1.54) is 11.0 Å². The zero-order valence-electron chi connectivity index (χ0n) is 7.63. The Morgan fingerprint density at radius 3 is 2.93 bits per heavy atom. The predicted molar refractivity (Wildman–Crippen MR) is 51.2 cm³/mol. The summed E-state index contributed by atoms with van der Waals surface area (Å²) in [5.74, 6) is 0.474. The molecule has 0 amide bonds. The van der Waals surface area contributed by atoms with Crippen molar-refractivity contribution in [1.29, 1.82) is 0 Å². The second-order valence-electron chi connectivity index (χ2n) is 3.46. The van der Waals surface area contributed by atoms with E-state index in [1.54, 1.807) is 0 Å². The van der Waals surface area contributed by atoms with Crippen LogP contribution in [0.15, 0.2) is 6.33 Å². The molecule has 78 valence electrons. The predicted octanol–water partition coefficient (Wildman–Crippen LogP) is -0.563. The van der Waals surface area contributed by atoms with Crippen LogP contribution in [0.4, 0.5) is 5.95 Å². The number of rotatable bonds is 2. The zero-order valence-corrected chi connectivity index (χ0v) is 8.44. The first-order valence-electron chi connectivity index (χ1n) is 4.44. The van der Waals surface area contributed by atoms with Crippen molar-refractivity contribution in [3.05, 3.63) is 6.33 Å². The van der Waals surface area contributed by atoms with E-state index in [-0.39, 0.29) is 11.2 Å². The molecule has 0 spiro atoms. The molecule has 1 saturated heterocycles. The number of aromatic nitrogens is 3. The molecule has 1 fully saturated rings. The monoisotopic (exact) mass is 216 g/mol. The van der Waals surface area contributed by atoms with Crippen molar-refractivity contribution in [1.82, 2.24) is 14.8 Å². The molecule has 1 atom stereocenters. The SMILES string of the molecule is Nc1ncn(CC2CCCS2(=O)=O)n1. The van der Waals surface area contributed by atoms with Crippen molar-refractivity contribution in [2.24, 2.45) is 0 Å². The second kappa shape index (κ2) is 3.23. The highest BCUT2D eigenvalue weighted by Crippen LogP contribution is 2.21. The van der Waals surface area contributed by atoms with Crippen LogP contribution in [-0.2, 0) is 16.4 Å². The minimum atomic E-state index is -2.91. The molecule has 2 N–H and O–H groups in total. The third kappa shape index (κ3) is 1.72. The van der Waals surface area contributed by atoms with E-state index in [9.17, 15) is 8.42 Å². The van der Waals surface area contributed by atoms with Crippen molar-refractivity contribution in [3.8, 4) is 0 Å². The van der Waals surface area contributed by atoms with E-state index in [0.717, 1.165) is 6.42 Å². The van der Waals surface area contributed by atoms with Crippen molar-refractivity contribution >= 4 is 15.8 Å². The molecular formula is C7H12N4O2S. The van der Waals surface area contributed by atoms with Gasteiger partial charge in [-0.3, -0.25) is 0 Å². The van der Waals surface area contributed by atoms with Gasteiger partial charge in [0.05, 0.1) is 17.5 Å². The van der Waals surface area contributed by atoms with Gasteiger partial charge >= 0.3 is 0 Å². The van der Waals surface area contributed by atoms with Gasteiger partial charge in [-0.05, 0) is 12.8 Å². The van der Waals surface area contributed by atoms with Crippen LogP contribution in [0, 0.1) is 0 Å². The smallest absolute Gasteiger partial charge is 0.239 e. The molecule has 0 radical (unpaired) electrons. The number of hydrogen-bond acceptors (Lipinski definition) is 5. The maximum Gasteiger partial charge on any atom is 0.239 e.